The summed E-state index contributed by atoms with van der Waals surface area (Å²) >= 11 is 0. The molecule has 1 aliphatic rings. The van der Waals surface area contributed by atoms with Crippen molar-refractivity contribution in [2.45, 2.75) is 18.9 Å². The van der Waals surface area contributed by atoms with Crippen molar-refractivity contribution in [3.63, 3.8) is 0 Å². The summed E-state index contributed by atoms with van der Waals surface area (Å²) in [5, 5.41) is 17.4. The van der Waals surface area contributed by atoms with Crippen LogP contribution in [0.4, 0.5) is 0 Å². The average Bonchev–Trinajstić information content (AvgIpc) is 2.54. The normalized spacial score (nSPS) is 16.5. The van der Waals surface area contributed by atoms with Crippen LogP contribution in [0.2, 0.25) is 0 Å². The van der Waals surface area contributed by atoms with E-state index in [1.54, 1.807) is 6.34 Å². The Morgan fingerprint density at radius 2 is 2.36 bits per heavy atom. The molecule has 5 nitrogen and oxygen atoms in total. The second-order valence-corrected chi connectivity index (χ2v) is 3.02. The van der Waals surface area contributed by atoms with E-state index in [2.05, 4.69) is 4.99 Å². The summed E-state index contributed by atoms with van der Waals surface area (Å²) in [5.74, 6) is -0.834. The number of carboxylic acid groups (broad SMARTS) is 1. The Labute approximate surface area is 105 Å². The average molecular weight is 210 g/mol. The van der Waals surface area contributed by atoms with E-state index < -0.39 is 5.97 Å². The number of hydrogen-bond acceptors (Lipinski definition) is 4. The van der Waals surface area contributed by atoms with Gasteiger partial charge in [-0.2, -0.15) is 0 Å². The predicted octanol–water partition coefficient (Wildman–Crippen LogP) is -1.09. The molecule has 0 aromatic carbocycles. The summed E-state index contributed by atoms with van der Waals surface area (Å²) in [6, 6.07) is -0.117. The molecule has 0 aromatic rings. The molecule has 1 aliphatic heterocycles. The first-order valence-corrected chi connectivity index (χ1v) is 4.32. The fraction of sp³-hybridized carbons (Fsp3) is 0.750. The van der Waals surface area contributed by atoms with Gasteiger partial charge in [-0.1, -0.05) is 0 Å². The minimum atomic E-state index is -0.834. The first kappa shape index (κ1) is 13.9. The molecule has 1 rings (SSSR count). The number of carboxylic acids is 1. The summed E-state index contributed by atoms with van der Waals surface area (Å²) in [4.78, 5) is 16.4. The van der Waals surface area contributed by atoms with Crippen molar-refractivity contribution in [2.75, 3.05) is 19.7 Å². The van der Waals surface area contributed by atoms with Gasteiger partial charge in [0.1, 0.15) is 0 Å². The molecule has 1 heterocycles. The standard InChI is InChI=1S/C8H14N2O3.Na.H/c11-4-1-7(5-8(12)13)10-3-2-9-6-10;;/h6-7,11H,1-5H2,(H,12,13);;. The number of aliphatic hydroxyl groups is 1. The van der Waals surface area contributed by atoms with Gasteiger partial charge in [0.2, 0.25) is 0 Å². The van der Waals surface area contributed by atoms with Crippen molar-refractivity contribution in [1.82, 2.24) is 4.90 Å². The summed E-state index contributed by atoms with van der Waals surface area (Å²) < 4.78 is 0. The molecule has 0 spiro atoms. The fourth-order valence-corrected chi connectivity index (χ4v) is 1.41. The van der Waals surface area contributed by atoms with E-state index in [0.29, 0.717) is 6.42 Å². The molecule has 0 aromatic heterocycles. The van der Waals surface area contributed by atoms with Crippen LogP contribution in [-0.4, -0.2) is 82.7 Å². The van der Waals surface area contributed by atoms with Crippen LogP contribution < -0.4 is 0 Å². The molecular formula is C8H15N2NaO3. The number of aliphatic imine (C=N–C) groups is 1. The van der Waals surface area contributed by atoms with E-state index in [1.165, 1.54) is 0 Å². The molecule has 0 saturated carbocycles. The third-order valence-corrected chi connectivity index (χ3v) is 2.06. The van der Waals surface area contributed by atoms with Crippen molar-refractivity contribution in [2.24, 2.45) is 4.99 Å². The molecular weight excluding hydrogens is 195 g/mol. The molecule has 76 valence electrons. The van der Waals surface area contributed by atoms with E-state index in [4.69, 9.17) is 10.2 Å². The zero-order valence-electron chi connectivity index (χ0n) is 7.39. The van der Waals surface area contributed by atoms with Crippen LogP contribution in [0.5, 0.6) is 0 Å². The van der Waals surface area contributed by atoms with Gasteiger partial charge in [0.15, 0.2) is 0 Å². The number of carbonyl (C=O) groups is 1. The van der Waals surface area contributed by atoms with Crippen molar-refractivity contribution in [3.8, 4) is 0 Å². The zero-order valence-corrected chi connectivity index (χ0v) is 7.39. The van der Waals surface area contributed by atoms with Crippen LogP contribution in [0.1, 0.15) is 12.8 Å². The topological polar surface area (TPSA) is 73.1 Å². The second kappa shape index (κ2) is 7.23. The molecule has 0 amide bonds. The van der Waals surface area contributed by atoms with Gasteiger partial charge in [-0.25, -0.2) is 0 Å². The van der Waals surface area contributed by atoms with Crippen LogP contribution in [0, 0.1) is 0 Å². The van der Waals surface area contributed by atoms with Crippen LogP contribution in [0.15, 0.2) is 4.99 Å². The van der Waals surface area contributed by atoms with Crippen molar-refractivity contribution in [1.29, 1.82) is 0 Å². The van der Waals surface area contributed by atoms with Crippen LogP contribution >= 0.6 is 0 Å². The van der Waals surface area contributed by atoms with Crippen LogP contribution in [-0.2, 0) is 4.79 Å². The number of hydrogen-bond donors (Lipinski definition) is 2. The first-order valence-electron chi connectivity index (χ1n) is 4.32. The molecule has 0 radical (unpaired) electrons. The Morgan fingerprint density at radius 1 is 1.64 bits per heavy atom. The Hall–Kier alpha value is -0.100. The van der Waals surface area contributed by atoms with Gasteiger partial charge in [-0.15, -0.1) is 0 Å². The van der Waals surface area contributed by atoms with Crippen molar-refractivity contribution < 1.29 is 15.0 Å². The van der Waals surface area contributed by atoms with Crippen LogP contribution in [0.3, 0.4) is 0 Å². The Balaban J connectivity index is 0.00000169. The second-order valence-electron chi connectivity index (χ2n) is 3.02. The SMILES string of the molecule is O=C(O)CC(CCO)N1C=NCC1.[NaH]. The molecule has 14 heavy (non-hydrogen) atoms. The van der Waals surface area contributed by atoms with E-state index in [-0.39, 0.29) is 48.6 Å². The first-order chi connectivity index (χ1) is 6.24. The Kier molecular flexibility index (Phi) is 7.17. The maximum absolute atomic E-state index is 10.5. The summed E-state index contributed by atoms with van der Waals surface area (Å²) in [5.41, 5.74) is 0. The fourth-order valence-electron chi connectivity index (χ4n) is 1.41. The number of nitrogens with zero attached hydrogens (tertiary/aromatic N) is 2. The van der Waals surface area contributed by atoms with E-state index in [9.17, 15) is 4.79 Å². The Bertz CT molecular complexity index is 211. The Morgan fingerprint density at radius 3 is 2.79 bits per heavy atom. The summed E-state index contributed by atoms with van der Waals surface area (Å²) in [6.07, 6.45) is 2.22. The molecule has 2 N–H and O–H groups in total. The zero-order chi connectivity index (χ0) is 9.68. The van der Waals surface area contributed by atoms with E-state index in [1.807, 2.05) is 4.90 Å². The predicted molar refractivity (Wildman–Crippen MR) is 55.0 cm³/mol. The van der Waals surface area contributed by atoms with Gasteiger partial charge in [0, 0.05) is 19.2 Å². The van der Waals surface area contributed by atoms with Gasteiger partial charge in [0.25, 0.3) is 0 Å². The van der Waals surface area contributed by atoms with E-state index in [0.717, 1.165) is 13.1 Å². The number of aliphatic hydroxyl groups excluding tert-OH is 1. The molecule has 1 atom stereocenters. The minimum absolute atomic E-state index is 0. The van der Waals surface area contributed by atoms with E-state index >= 15 is 0 Å². The van der Waals surface area contributed by atoms with Crippen LogP contribution in [0.25, 0.3) is 0 Å². The monoisotopic (exact) mass is 210 g/mol. The molecule has 0 fully saturated rings. The third kappa shape index (κ3) is 4.41. The van der Waals surface area contributed by atoms with Crippen molar-refractivity contribution >= 4 is 41.9 Å². The number of rotatable bonds is 5. The van der Waals surface area contributed by atoms with Crippen molar-refractivity contribution in [3.05, 3.63) is 0 Å². The van der Waals surface area contributed by atoms with Gasteiger partial charge >= 0.3 is 35.5 Å². The molecule has 0 saturated heterocycles. The molecule has 6 heteroatoms. The summed E-state index contributed by atoms with van der Waals surface area (Å²) in [6.45, 7) is 1.50. The third-order valence-electron chi connectivity index (χ3n) is 2.06. The summed E-state index contributed by atoms with van der Waals surface area (Å²) in [7, 11) is 0. The van der Waals surface area contributed by atoms with Gasteiger partial charge in [-0.05, 0) is 6.42 Å². The molecule has 0 aliphatic carbocycles. The molecule has 1 unspecified atom stereocenters. The van der Waals surface area contributed by atoms with Gasteiger partial charge in [-0.3, -0.25) is 9.79 Å². The maximum atomic E-state index is 10.5. The molecule has 0 bridgehead atoms. The van der Waals surface area contributed by atoms with Gasteiger partial charge in [0.05, 0.1) is 19.3 Å². The quantitative estimate of drug-likeness (QED) is 0.565. The van der Waals surface area contributed by atoms with Gasteiger partial charge < -0.3 is 15.1 Å². The number of aliphatic carboxylic acids is 1.